The molecule has 7 heteroatoms. The smallest absolute Gasteiger partial charge is 0.406 e. The fourth-order valence-corrected chi connectivity index (χ4v) is 2.83. The van der Waals surface area contributed by atoms with Gasteiger partial charge in [0, 0.05) is 9.50 Å². The zero-order chi connectivity index (χ0) is 17.4. The highest BCUT2D eigenvalue weighted by Crippen LogP contribution is 2.37. The molecule has 0 radical (unpaired) electrons. The second kappa shape index (κ2) is 6.34. The molecule has 1 N–H and O–H groups in total. The van der Waals surface area contributed by atoms with Crippen molar-refractivity contribution >= 4 is 27.5 Å². The molecule has 2 nitrogen and oxygen atoms in total. The van der Waals surface area contributed by atoms with Crippen molar-refractivity contribution in [2.75, 3.05) is 0 Å². The molecule has 124 valence electrons. The molecule has 0 amide bonds. The van der Waals surface area contributed by atoms with E-state index in [-0.39, 0.29) is 5.75 Å². The van der Waals surface area contributed by atoms with E-state index in [2.05, 4.69) is 20.7 Å². The minimum absolute atomic E-state index is 0.349. The SMILES string of the molecule is CC(C)(O)c1cc(Cl)ccc1-c1cc(Br)cc(OC(F)(F)F)c1. The van der Waals surface area contributed by atoms with Crippen LogP contribution in [0.1, 0.15) is 19.4 Å². The van der Waals surface area contributed by atoms with Gasteiger partial charge in [0.25, 0.3) is 0 Å². The van der Waals surface area contributed by atoms with E-state index in [1.54, 1.807) is 38.1 Å². The summed E-state index contributed by atoms with van der Waals surface area (Å²) in [6, 6.07) is 8.96. The monoisotopic (exact) mass is 408 g/mol. The van der Waals surface area contributed by atoms with E-state index in [1.807, 2.05) is 0 Å². The summed E-state index contributed by atoms with van der Waals surface area (Å²) in [5.74, 6) is -0.349. The molecule has 0 saturated heterocycles. The molecule has 0 bridgehead atoms. The van der Waals surface area contributed by atoms with Crippen LogP contribution in [0.4, 0.5) is 13.2 Å². The number of ether oxygens (including phenoxy) is 1. The van der Waals surface area contributed by atoms with Crippen molar-refractivity contribution in [3.63, 3.8) is 0 Å². The van der Waals surface area contributed by atoms with Crippen molar-refractivity contribution in [1.29, 1.82) is 0 Å². The van der Waals surface area contributed by atoms with Crippen molar-refractivity contribution in [3.05, 3.63) is 51.5 Å². The zero-order valence-electron chi connectivity index (χ0n) is 12.2. The average molecular weight is 410 g/mol. The van der Waals surface area contributed by atoms with Gasteiger partial charge in [0.15, 0.2) is 0 Å². The number of alkyl halides is 3. The van der Waals surface area contributed by atoms with Crippen molar-refractivity contribution < 1.29 is 23.0 Å². The average Bonchev–Trinajstić information content (AvgIpc) is 2.34. The molecule has 2 aromatic rings. The van der Waals surface area contributed by atoms with E-state index in [9.17, 15) is 18.3 Å². The summed E-state index contributed by atoms with van der Waals surface area (Å²) in [5, 5.41) is 10.7. The largest absolute Gasteiger partial charge is 0.573 e. The number of hydrogen-bond acceptors (Lipinski definition) is 2. The maximum atomic E-state index is 12.4. The van der Waals surface area contributed by atoms with E-state index in [0.29, 0.717) is 26.2 Å². The van der Waals surface area contributed by atoms with Gasteiger partial charge in [0.2, 0.25) is 0 Å². The molecular weight excluding hydrogens is 397 g/mol. The Bertz CT molecular complexity index is 724. The predicted molar refractivity (Wildman–Crippen MR) is 86.5 cm³/mol. The Morgan fingerprint density at radius 1 is 1.09 bits per heavy atom. The molecule has 0 aliphatic heterocycles. The van der Waals surface area contributed by atoms with Gasteiger partial charge < -0.3 is 9.84 Å². The van der Waals surface area contributed by atoms with Crippen LogP contribution >= 0.6 is 27.5 Å². The van der Waals surface area contributed by atoms with E-state index >= 15 is 0 Å². The van der Waals surface area contributed by atoms with Gasteiger partial charge in [-0.05, 0) is 60.9 Å². The lowest BCUT2D eigenvalue weighted by molar-refractivity contribution is -0.274. The summed E-state index contributed by atoms with van der Waals surface area (Å²) in [6.45, 7) is 3.15. The molecule has 2 aromatic carbocycles. The summed E-state index contributed by atoms with van der Waals surface area (Å²) >= 11 is 9.14. The molecular formula is C16H13BrClF3O2. The Hall–Kier alpha value is -1.24. The van der Waals surface area contributed by atoms with Crippen LogP contribution in [0.25, 0.3) is 11.1 Å². The van der Waals surface area contributed by atoms with Crippen LogP contribution < -0.4 is 4.74 Å². The summed E-state index contributed by atoms with van der Waals surface area (Å²) < 4.78 is 41.7. The minimum Gasteiger partial charge on any atom is -0.406 e. The summed E-state index contributed by atoms with van der Waals surface area (Å²) in [4.78, 5) is 0. The van der Waals surface area contributed by atoms with Gasteiger partial charge in [0.1, 0.15) is 5.75 Å². The molecule has 0 unspecified atom stereocenters. The van der Waals surface area contributed by atoms with E-state index in [4.69, 9.17) is 11.6 Å². The zero-order valence-corrected chi connectivity index (χ0v) is 14.6. The first kappa shape index (κ1) is 18.1. The number of benzene rings is 2. The van der Waals surface area contributed by atoms with E-state index in [0.717, 1.165) is 0 Å². The maximum Gasteiger partial charge on any atom is 0.573 e. The Morgan fingerprint density at radius 3 is 2.30 bits per heavy atom. The molecule has 0 saturated carbocycles. The molecule has 0 fully saturated rings. The van der Waals surface area contributed by atoms with Gasteiger partial charge in [0.05, 0.1) is 5.60 Å². The number of halogens is 5. The Morgan fingerprint density at radius 2 is 1.74 bits per heavy atom. The summed E-state index contributed by atoms with van der Waals surface area (Å²) in [6.07, 6.45) is -4.78. The third kappa shape index (κ3) is 4.86. The molecule has 0 aromatic heterocycles. The fourth-order valence-electron chi connectivity index (χ4n) is 2.19. The lowest BCUT2D eigenvalue weighted by Gasteiger charge is -2.22. The van der Waals surface area contributed by atoms with Crippen LogP contribution in [0, 0.1) is 0 Å². The van der Waals surface area contributed by atoms with Gasteiger partial charge in [-0.3, -0.25) is 0 Å². The standard InChI is InChI=1S/C16H13BrClF3O2/c1-15(2,22)14-8-11(18)3-4-13(14)9-5-10(17)7-12(6-9)23-16(19,20)21/h3-8,22H,1-2H3. The number of aliphatic hydroxyl groups is 1. The first-order valence-corrected chi connectivity index (χ1v) is 7.72. The van der Waals surface area contributed by atoms with Crippen LogP contribution in [0.15, 0.2) is 40.9 Å². The van der Waals surface area contributed by atoms with Gasteiger partial charge in [-0.1, -0.05) is 33.6 Å². The number of rotatable bonds is 3. The summed E-state index contributed by atoms with van der Waals surface area (Å²) in [7, 11) is 0. The fraction of sp³-hybridized carbons (Fsp3) is 0.250. The van der Waals surface area contributed by atoms with Gasteiger partial charge in [-0.2, -0.15) is 0 Å². The minimum atomic E-state index is -4.78. The molecule has 0 aliphatic rings. The van der Waals surface area contributed by atoms with E-state index < -0.39 is 12.0 Å². The lowest BCUT2D eigenvalue weighted by Crippen LogP contribution is -2.18. The van der Waals surface area contributed by atoms with Gasteiger partial charge in [-0.25, -0.2) is 0 Å². The Labute approximate surface area is 145 Å². The highest BCUT2D eigenvalue weighted by Gasteiger charge is 2.31. The number of hydrogen-bond donors (Lipinski definition) is 1. The van der Waals surface area contributed by atoms with Crippen molar-refractivity contribution in [2.45, 2.75) is 25.8 Å². The summed E-state index contributed by atoms with van der Waals surface area (Å²) in [5.41, 5.74) is 0.317. The first-order valence-electron chi connectivity index (χ1n) is 6.55. The first-order chi connectivity index (χ1) is 10.5. The molecule has 0 aliphatic carbocycles. The third-order valence-corrected chi connectivity index (χ3v) is 3.75. The quantitative estimate of drug-likeness (QED) is 0.684. The van der Waals surface area contributed by atoms with Crippen LogP contribution in [0.2, 0.25) is 5.02 Å². The van der Waals surface area contributed by atoms with Crippen LogP contribution in [0.5, 0.6) is 5.75 Å². The molecule has 0 heterocycles. The highest BCUT2D eigenvalue weighted by molar-refractivity contribution is 9.10. The molecule has 2 rings (SSSR count). The predicted octanol–water partition coefficient (Wildman–Crippen LogP) is 5.90. The normalized spacial score (nSPS) is 12.3. The second-order valence-corrected chi connectivity index (χ2v) is 6.82. The van der Waals surface area contributed by atoms with Crippen molar-refractivity contribution in [3.8, 4) is 16.9 Å². The van der Waals surface area contributed by atoms with E-state index in [1.165, 1.54) is 12.1 Å². The van der Waals surface area contributed by atoms with Crippen LogP contribution in [0.3, 0.4) is 0 Å². The highest BCUT2D eigenvalue weighted by atomic mass is 79.9. The topological polar surface area (TPSA) is 29.5 Å². The second-order valence-electron chi connectivity index (χ2n) is 5.47. The maximum absolute atomic E-state index is 12.4. The Balaban J connectivity index is 2.59. The Kier molecular flexibility index (Phi) is 4.99. The molecule has 0 spiro atoms. The lowest BCUT2D eigenvalue weighted by atomic mass is 9.89. The third-order valence-electron chi connectivity index (χ3n) is 3.06. The van der Waals surface area contributed by atoms with Crippen LogP contribution in [-0.2, 0) is 5.60 Å². The van der Waals surface area contributed by atoms with Crippen molar-refractivity contribution in [1.82, 2.24) is 0 Å². The van der Waals surface area contributed by atoms with Crippen molar-refractivity contribution in [2.24, 2.45) is 0 Å². The molecule has 23 heavy (non-hydrogen) atoms. The van der Waals surface area contributed by atoms with Gasteiger partial charge >= 0.3 is 6.36 Å². The van der Waals surface area contributed by atoms with Gasteiger partial charge in [-0.15, -0.1) is 13.2 Å². The molecule has 0 atom stereocenters. The van der Waals surface area contributed by atoms with Crippen LogP contribution in [-0.4, -0.2) is 11.5 Å².